The number of aromatic hydroxyl groups is 1. The lowest BCUT2D eigenvalue weighted by molar-refractivity contribution is -0.119. The number of hydrogen-bond donors (Lipinski definition) is 4. The SMILES string of the molecule is C=C1Nc2nc(CCCO)nn2C(c2ccc(O)cc2)C1C(=O)Nc1ccc(Cl)cc1. The molecule has 0 spiro atoms. The van der Waals surface area contributed by atoms with Crippen LogP contribution in [0.5, 0.6) is 5.75 Å². The van der Waals surface area contributed by atoms with Gasteiger partial charge in [0.15, 0.2) is 5.82 Å². The van der Waals surface area contributed by atoms with Crippen molar-refractivity contribution in [2.45, 2.75) is 18.9 Å². The summed E-state index contributed by atoms with van der Waals surface area (Å²) in [5.74, 6) is 0.204. The number of fused-ring (bicyclic) bond motifs is 1. The Balaban J connectivity index is 1.72. The summed E-state index contributed by atoms with van der Waals surface area (Å²) in [4.78, 5) is 17.8. The van der Waals surface area contributed by atoms with E-state index >= 15 is 0 Å². The van der Waals surface area contributed by atoms with Crippen molar-refractivity contribution in [3.05, 3.63) is 77.2 Å². The number of aromatic nitrogens is 3. The van der Waals surface area contributed by atoms with Gasteiger partial charge >= 0.3 is 0 Å². The standard InChI is InChI=1S/C22H22ClN5O3/c1-13-19(21(31)25-16-8-6-15(23)7-9-16)20(14-4-10-17(30)11-5-14)28-22(24-13)26-18(27-28)3-2-12-29/h4-11,19-20,29-30H,1-3,12H2,(H,25,31)(H,24,26,27). The summed E-state index contributed by atoms with van der Waals surface area (Å²) in [6.07, 6.45) is 1.04. The summed E-state index contributed by atoms with van der Waals surface area (Å²) in [7, 11) is 0. The molecule has 2 unspecified atom stereocenters. The highest BCUT2D eigenvalue weighted by atomic mass is 35.5. The number of rotatable bonds is 6. The summed E-state index contributed by atoms with van der Waals surface area (Å²) in [5.41, 5.74) is 1.87. The van der Waals surface area contributed by atoms with Gasteiger partial charge in [-0.1, -0.05) is 30.3 Å². The molecule has 3 aromatic rings. The Morgan fingerprint density at radius 1 is 1.19 bits per heavy atom. The first kappa shape index (κ1) is 20.9. The van der Waals surface area contributed by atoms with E-state index in [0.29, 0.717) is 41.0 Å². The van der Waals surface area contributed by atoms with Gasteiger partial charge in [0.2, 0.25) is 11.9 Å². The molecule has 1 amide bonds. The molecule has 0 saturated carbocycles. The van der Waals surface area contributed by atoms with E-state index < -0.39 is 12.0 Å². The monoisotopic (exact) mass is 439 g/mol. The van der Waals surface area contributed by atoms with Crippen molar-refractivity contribution in [1.82, 2.24) is 14.8 Å². The van der Waals surface area contributed by atoms with Crippen molar-refractivity contribution in [2.24, 2.45) is 5.92 Å². The van der Waals surface area contributed by atoms with Crippen molar-refractivity contribution in [3.63, 3.8) is 0 Å². The van der Waals surface area contributed by atoms with E-state index in [0.717, 1.165) is 5.56 Å². The maximum atomic E-state index is 13.3. The fourth-order valence-corrected chi connectivity index (χ4v) is 3.73. The Morgan fingerprint density at radius 2 is 1.90 bits per heavy atom. The van der Waals surface area contributed by atoms with Gasteiger partial charge in [-0.3, -0.25) is 4.79 Å². The van der Waals surface area contributed by atoms with Crippen molar-refractivity contribution in [2.75, 3.05) is 17.2 Å². The number of phenols is 1. The Kier molecular flexibility index (Phi) is 5.92. The predicted octanol–water partition coefficient (Wildman–Crippen LogP) is 3.35. The maximum absolute atomic E-state index is 13.3. The molecular weight excluding hydrogens is 418 g/mol. The summed E-state index contributed by atoms with van der Waals surface area (Å²) < 4.78 is 1.67. The largest absolute Gasteiger partial charge is 0.508 e. The number of aliphatic hydroxyl groups is 1. The van der Waals surface area contributed by atoms with E-state index in [-0.39, 0.29) is 18.3 Å². The molecule has 2 heterocycles. The maximum Gasteiger partial charge on any atom is 0.235 e. The van der Waals surface area contributed by atoms with Crippen molar-refractivity contribution in [3.8, 4) is 5.75 Å². The zero-order valence-electron chi connectivity index (χ0n) is 16.6. The van der Waals surface area contributed by atoms with E-state index in [2.05, 4.69) is 27.3 Å². The van der Waals surface area contributed by atoms with Crippen LogP contribution in [-0.2, 0) is 11.2 Å². The molecule has 4 N–H and O–H groups in total. The van der Waals surface area contributed by atoms with Crippen LogP contribution in [0.2, 0.25) is 5.02 Å². The van der Waals surface area contributed by atoms with E-state index in [9.17, 15) is 9.90 Å². The summed E-state index contributed by atoms with van der Waals surface area (Å²) in [6, 6.07) is 13.0. The lowest BCUT2D eigenvalue weighted by Gasteiger charge is -2.33. The van der Waals surface area contributed by atoms with Crippen LogP contribution < -0.4 is 10.6 Å². The van der Waals surface area contributed by atoms with Crippen molar-refractivity contribution in [1.29, 1.82) is 0 Å². The second-order valence-electron chi connectivity index (χ2n) is 7.28. The number of amides is 1. The first-order valence-electron chi connectivity index (χ1n) is 9.83. The van der Waals surface area contributed by atoms with E-state index in [4.69, 9.17) is 16.7 Å². The zero-order chi connectivity index (χ0) is 22.0. The first-order chi connectivity index (χ1) is 15.0. The molecule has 0 aliphatic carbocycles. The van der Waals surface area contributed by atoms with E-state index in [1.54, 1.807) is 53.2 Å². The minimum atomic E-state index is -0.694. The second kappa shape index (κ2) is 8.79. The van der Waals surface area contributed by atoms with Gasteiger partial charge in [0, 0.05) is 29.4 Å². The topological polar surface area (TPSA) is 112 Å². The lowest BCUT2D eigenvalue weighted by atomic mass is 9.88. The Labute approximate surface area is 184 Å². The third kappa shape index (κ3) is 4.40. The molecule has 2 atom stereocenters. The quantitative estimate of drug-likeness (QED) is 0.468. The van der Waals surface area contributed by atoms with Crippen molar-refractivity contribution >= 4 is 29.1 Å². The van der Waals surface area contributed by atoms with Gasteiger partial charge in [0.1, 0.15) is 11.7 Å². The van der Waals surface area contributed by atoms with Crippen LogP contribution in [0, 0.1) is 5.92 Å². The second-order valence-corrected chi connectivity index (χ2v) is 7.72. The molecule has 1 aromatic heterocycles. The minimum absolute atomic E-state index is 0.0392. The highest BCUT2D eigenvalue weighted by Crippen LogP contribution is 2.38. The highest BCUT2D eigenvalue weighted by Gasteiger charge is 2.40. The Hall–Kier alpha value is -3.36. The fourth-order valence-electron chi connectivity index (χ4n) is 3.60. The average Bonchev–Trinajstić information content (AvgIpc) is 3.15. The van der Waals surface area contributed by atoms with E-state index in [1.165, 1.54) is 0 Å². The van der Waals surface area contributed by atoms with Gasteiger partial charge in [-0.15, -0.1) is 0 Å². The number of nitrogens with zero attached hydrogens (tertiary/aromatic N) is 3. The number of carbonyl (C=O) groups is 1. The lowest BCUT2D eigenvalue weighted by Crippen LogP contribution is -2.39. The zero-order valence-corrected chi connectivity index (χ0v) is 17.4. The number of carbonyl (C=O) groups excluding carboxylic acids is 1. The molecule has 9 heteroatoms. The molecule has 0 saturated heterocycles. The summed E-state index contributed by atoms with van der Waals surface area (Å²) in [5, 5.41) is 30.0. The number of aliphatic hydroxyl groups excluding tert-OH is 1. The van der Waals surface area contributed by atoms with Gasteiger partial charge in [0.05, 0.1) is 6.04 Å². The number of halogens is 1. The van der Waals surface area contributed by atoms with E-state index in [1.807, 2.05) is 0 Å². The van der Waals surface area contributed by atoms with Gasteiger partial charge in [-0.2, -0.15) is 10.1 Å². The molecule has 1 aliphatic heterocycles. The molecule has 8 nitrogen and oxygen atoms in total. The van der Waals surface area contributed by atoms with Gasteiger partial charge < -0.3 is 20.8 Å². The number of phenolic OH excluding ortho intramolecular Hbond substituents is 1. The van der Waals surface area contributed by atoms with Crippen LogP contribution in [0.15, 0.2) is 60.8 Å². The molecule has 0 radical (unpaired) electrons. The average molecular weight is 440 g/mol. The smallest absolute Gasteiger partial charge is 0.235 e. The van der Waals surface area contributed by atoms with Gasteiger partial charge in [0.25, 0.3) is 0 Å². The first-order valence-corrected chi connectivity index (χ1v) is 10.2. The van der Waals surface area contributed by atoms with Crippen LogP contribution in [0.4, 0.5) is 11.6 Å². The van der Waals surface area contributed by atoms with Crippen LogP contribution in [0.1, 0.15) is 23.9 Å². The van der Waals surface area contributed by atoms with Crippen LogP contribution in [-0.4, -0.2) is 37.5 Å². The Bertz CT molecular complexity index is 1100. The number of nitrogens with one attached hydrogen (secondary N) is 2. The molecule has 160 valence electrons. The normalized spacial score (nSPS) is 17.7. The fraction of sp³-hybridized carbons (Fsp3) is 0.227. The minimum Gasteiger partial charge on any atom is -0.508 e. The third-order valence-corrected chi connectivity index (χ3v) is 5.34. The number of anilines is 2. The van der Waals surface area contributed by atoms with Gasteiger partial charge in [-0.05, 0) is 48.4 Å². The van der Waals surface area contributed by atoms with Crippen LogP contribution >= 0.6 is 11.6 Å². The number of benzene rings is 2. The molecule has 2 aromatic carbocycles. The summed E-state index contributed by atoms with van der Waals surface area (Å²) in [6.45, 7) is 4.11. The van der Waals surface area contributed by atoms with Crippen LogP contribution in [0.25, 0.3) is 0 Å². The molecule has 1 aliphatic rings. The highest BCUT2D eigenvalue weighted by molar-refractivity contribution is 6.30. The predicted molar refractivity (Wildman–Crippen MR) is 118 cm³/mol. The third-order valence-electron chi connectivity index (χ3n) is 5.09. The molecule has 4 rings (SSSR count). The summed E-state index contributed by atoms with van der Waals surface area (Å²) >= 11 is 5.94. The van der Waals surface area contributed by atoms with Gasteiger partial charge in [-0.25, -0.2) is 4.68 Å². The number of aryl methyl sites for hydroxylation is 1. The molecule has 0 fully saturated rings. The van der Waals surface area contributed by atoms with Crippen molar-refractivity contribution < 1.29 is 15.0 Å². The van der Waals surface area contributed by atoms with Crippen LogP contribution in [0.3, 0.4) is 0 Å². The molecule has 0 bridgehead atoms. The Morgan fingerprint density at radius 3 is 2.58 bits per heavy atom. The molecular formula is C22H22ClN5O3. The number of hydrogen-bond acceptors (Lipinski definition) is 6. The molecule has 31 heavy (non-hydrogen) atoms.